The topological polar surface area (TPSA) is 192 Å². The van der Waals surface area contributed by atoms with Crippen molar-refractivity contribution in [2.75, 3.05) is 41.2 Å². The lowest BCUT2D eigenvalue weighted by Gasteiger charge is -2.22. The summed E-state index contributed by atoms with van der Waals surface area (Å²) in [5.41, 5.74) is 1.83. The Morgan fingerprint density at radius 2 is 1.43 bits per heavy atom. The monoisotopic (exact) mass is 1020 g/mol. The van der Waals surface area contributed by atoms with Crippen LogP contribution in [0.3, 0.4) is 0 Å². The molecule has 14 nitrogen and oxygen atoms in total. The number of aliphatic hydroxyl groups excluding tert-OH is 1. The molecule has 366 valence electrons. The van der Waals surface area contributed by atoms with Gasteiger partial charge in [-0.3, -0.25) is 18.9 Å². The quantitative estimate of drug-likeness (QED) is 0.0319. The summed E-state index contributed by atoms with van der Waals surface area (Å²) in [6.07, 6.45) is 11.0. The number of fused-ring (bicyclic) bond motifs is 1. The number of benzene rings is 5. The predicted molar refractivity (Wildman–Crippen MR) is 279 cm³/mol. The van der Waals surface area contributed by atoms with E-state index >= 15 is 0 Å². The van der Waals surface area contributed by atoms with Crippen LogP contribution in [0.4, 0.5) is 22.7 Å². The number of aromatic nitrogens is 2. The summed E-state index contributed by atoms with van der Waals surface area (Å²) < 4.78 is 60.8. The number of unbranched alkanes of at least 4 members (excludes halogenated alkanes) is 9. The molecule has 0 radical (unpaired) electrons. The number of hydrogen-bond acceptors (Lipinski definition) is 10. The Kier molecular flexibility index (Phi) is 18.9. The number of aliphatic imine (C=N–C) groups is 1. The van der Waals surface area contributed by atoms with Gasteiger partial charge in [-0.2, -0.15) is 0 Å². The molecule has 1 heterocycles. The number of hydrogen-bond donors (Lipinski definition) is 4. The number of sulfonamides is 2. The molecule has 0 spiro atoms. The zero-order valence-corrected chi connectivity index (χ0v) is 42.2. The first-order valence-corrected chi connectivity index (χ1v) is 26.9. The fraction of sp³-hybridized carbons (Fsp3) is 0.333. The third-order valence-electron chi connectivity index (χ3n) is 11.5. The summed E-state index contributed by atoms with van der Waals surface area (Å²) in [5.74, 6) is -0.925. The van der Waals surface area contributed by atoms with Crippen molar-refractivity contribution in [3.8, 4) is 5.69 Å². The molecule has 0 aliphatic rings. The average Bonchev–Trinajstić information content (AvgIpc) is 3.33. The van der Waals surface area contributed by atoms with Crippen molar-refractivity contribution in [2.24, 2.45) is 4.99 Å². The molecule has 0 atom stereocenters. The molecule has 0 aliphatic carbocycles. The molecular weight excluding hydrogens is 958 g/mol. The zero-order chi connectivity index (χ0) is 49.6. The highest BCUT2D eigenvalue weighted by Gasteiger charge is 2.27. The Balaban J connectivity index is 1.28. The van der Waals surface area contributed by atoms with Crippen LogP contribution in [0.2, 0.25) is 10.0 Å². The minimum absolute atomic E-state index is 0.0289. The van der Waals surface area contributed by atoms with Crippen LogP contribution in [0.25, 0.3) is 16.6 Å². The van der Waals surface area contributed by atoms with Crippen molar-refractivity contribution >= 4 is 88.5 Å². The number of para-hydroxylation sites is 2. The number of aliphatic hydroxyl groups is 1. The molecule has 0 saturated heterocycles. The van der Waals surface area contributed by atoms with Gasteiger partial charge in [0.05, 0.1) is 55.2 Å². The lowest BCUT2D eigenvalue weighted by atomic mass is 10.1. The second kappa shape index (κ2) is 24.8. The van der Waals surface area contributed by atoms with Crippen LogP contribution in [-0.2, 0) is 24.8 Å². The molecule has 0 unspecified atom stereocenters. The van der Waals surface area contributed by atoms with E-state index in [0.29, 0.717) is 47.4 Å². The van der Waals surface area contributed by atoms with Crippen molar-refractivity contribution in [3.05, 3.63) is 141 Å². The molecule has 0 saturated carbocycles. The fourth-order valence-corrected chi connectivity index (χ4v) is 10.7. The van der Waals surface area contributed by atoms with Gasteiger partial charge in [-0.25, -0.2) is 31.5 Å². The summed E-state index contributed by atoms with van der Waals surface area (Å²) in [5, 5.41) is 12.5. The number of nitrogens with one attached hydrogen (secondary N) is 3. The molecule has 5 aromatic carbocycles. The van der Waals surface area contributed by atoms with E-state index in [1.807, 2.05) is 30.9 Å². The fourth-order valence-electron chi connectivity index (χ4n) is 7.82. The molecular formula is C51H59Cl2N7O7S2. The molecule has 4 N–H and O–H groups in total. The second-order valence-corrected chi connectivity index (χ2v) is 20.8. The number of nitrogens with zero attached hydrogens (tertiary/aromatic N) is 4. The summed E-state index contributed by atoms with van der Waals surface area (Å²) in [4.78, 5) is 40.0. The number of likely N-dealkylation sites (N-methyl/N-ethyl adjacent to an activating group) is 1. The molecule has 0 aliphatic heterocycles. The number of halogens is 2. The molecule has 0 fully saturated rings. The van der Waals surface area contributed by atoms with Gasteiger partial charge in [0.25, 0.3) is 21.5 Å². The van der Waals surface area contributed by atoms with E-state index in [-0.39, 0.29) is 51.0 Å². The number of rotatable bonds is 25. The Bertz CT molecular complexity index is 3060. The van der Waals surface area contributed by atoms with E-state index in [9.17, 15) is 31.5 Å². The van der Waals surface area contributed by atoms with Crippen molar-refractivity contribution in [3.63, 3.8) is 0 Å². The van der Waals surface area contributed by atoms with Crippen molar-refractivity contribution < 1.29 is 26.7 Å². The summed E-state index contributed by atoms with van der Waals surface area (Å²) in [7, 11) is -8.62. The summed E-state index contributed by atoms with van der Waals surface area (Å²) in [6, 6.07) is 28.3. The maximum Gasteiger partial charge on any atom is 0.278 e. The van der Waals surface area contributed by atoms with E-state index in [2.05, 4.69) is 21.7 Å². The summed E-state index contributed by atoms with van der Waals surface area (Å²) >= 11 is 13.1. The number of amides is 1. The smallest absolute Gasteiger partial charge is 0.278 e. The van der Waals surface area contributed by atoms with E-state index in [1.54, 1.807) is 60.7 Å². The number of carbonyl (C=O) groups excluding carboxylic acids is 1. The minimum Gasteiger partial charge on any atom is -0.395 e. The Labute approximate surface area is 414 Å². The van der Waals surface area contributed by atoms with E-state index in [0.717, 1.165) is 37.4 Å². The molecule has 6 rings (SSSR count). The normalized spacial score (nSPS) is 12.1. The Morgan fingerprint density at radius 3 is 2.12 bits per heavy atom. The Hall–Kier alpha value is -5.62. The van der Waals surface area contributed by atoms with Crippen molar-refractivity contribution in [1.82, 2.24) is 14.3 Å². The maximum absolute atomic E-state index is 14.8. The minimum atomic E-state index is -4.53. The van der Waals surface area contributed by atoms with Gasteiger partial charge in [0.2, 0.25) is 10.0 Å². The van der Waals surface area contributed by atoms with Gasteiger partial charge in [0.15, 0.2) is 11.5 Å². The maximum atomic E-state index is 14.8. The van der Waals surface area contributed by atoms with Crippen molar-refractivity contribution in [2.45, 2.75) is 94.8 Å². The summed E-state index contributed by atoms with van der Waals surface area (Å²) in [6.45, 7) is 7.18. The van der Waals surface area contributed by atoms with Crippen LogP contribution in [0, 0.1) is 6.92 Å². The molecule has 1 aromatic heterocycles. The van der Waals surface area contributed by atoms with Crippen LogP contribution in [0.5, 0.6) is 0 Å². The van der Waals surface area contributed by atoms with Crippen LogP contribution in [0.1, 0.15) is 89.4 Å². The molecule has 0 bridgehead atoms. The lowest BCUT2D eigenvalue weighted by Crippen LogP contribution is -2.33. The first-order chi connectivity index (χ1) is 33.2. The highest BCUT2D eigenvalue weighted by Crippen LogP contribution is 2.32. The molecule has 1 amide bonds. The number of carbonyl (C=O) groups is 1. The predicted octanol–water partition coefficient (Wildman–Crippen LogP) is 10.6. The standard InChI is InChI=1S/C51H59Cl2N7O7S2/c1-4-6-7-8-9-10-11-12-13-19-30-54-68(64,65)40-26-28-43(53)47(35-40)69(66,67)58-37-24-27-42(52)46(34-37)57-50(62)48(55-44-29-25-39(33-36(44)3)59(5-2)31-32-61)49-56-45-23-18-17-22-41(45)51(63)60(49)38-20-15-14-16-21-38/h14-18,20-29,33-35,54,58,61H,4-13,19,30-32H2,1-3H3,(H,57,62). The number of aryl methyl sites for hydroxylation is 1. The average molecular weight is 1020 g/mol. The van der Waals surface area contributed by atoms with Gasteiger partial charge in [0.1, 0.15) is 4.90 Å². The van der Waals surface area contributed by atoms with Gasteiger partial charge in [-0.15, -0.1) is 0 Å². The SMILES string of the molecule is CCCCCCCCCCCCNS(=O)(=O)c1ccc(Cl)c(S(=O)(=O)Nc2ccc(Cl)c(NC(=O)C(=Nc3ccc(N(CC)CCO)cc3C)c3nc4ccccc4c(=O)n3-c3ccccc3)c2)c1. The van der Waals surface area contributed by atoms with Crippen LogP contribution in [0.15, 0.2) is 129 Å². The molecule has 6 aromatic rings. The first kappa shape index (κ1) is 52.7. The largest absolute Gasteiger partial charge is 0.395 e. The zero-order valence-electron chi connectivity index (χ0n) is 39.0. The van der Waals surface area contributed by atoms with Crippen LogP contribution in [-0.4, -0.2) is 69.4 Å². The number of anilines is 3. The van der Waals surface area contributed by atoms with Crippen LogP contribution < -0.4 is 25.2 Å². The molecule has 18 heteroatoms. The molecule has 69 heavy (non-hydrogen) atoms. The third-order valence-corrected chi connectivity index (χ3v) is 15.2. The van der Waals surface area contributed by atoms with Gasteiger partial charge in [0, 0.05) is 25.3 Å². The highest BCUT2D eigenvalue weighted by atomic mass is 35.5. The van der Waals surface area contributed by atoms with E-state index in [1.165, 1.54) is 67.0 Å². The lowest BCUT2D eigenvalue weighted by molar-refractivity contribution is -0.110. The van der Waals surface area contributed by atoms with Gasteiger partial charge in [-0.05, 0) is 105 Å². The van der Waals surface area contributed by atoms with Crippen LogP contribution >= 0.6 is 23.2 Å². The van der Waals surface area contributed by atoms with Gasteiger partial charge < -0.3 is 15.3 Å². The van der Waals surface area contributed by atoms with Gasteiger partial charge in [-0.1, -0.05) is 118 Å². The third kappa shape index (κ3) is 13.8. The Morgan fingerprint density at radius 1 is 0.768 bits per heavy atom. The van der Waals surface area contributed by atoms with Crippen molar-refractivity contribution in [1.29, 1.82) is 0 Å². The van der Waals surface area contributed by atoms with Gasteiger partial charge >= 0.3 is 0 Å². The van der Waals surface area contributed by atoms with E-state index < -0.39 is 36.4 Å². The first-order valence-electron chi connectivity index (χ1n) is 23.2. The second-order valence-electron chi connectivity index (χ2n) is 16.6. The van der Waals surface area contributed by atoms with E-state index in [4.69, 9.17) is 33.2 Å². The highest BCUT2D eigenvalue weighted by molar-refractivity contribution is 7.93.